The maximum atomic E-state index is 12.1. The lowest BCUT2D eigenvalue weighted by Gasteiger charge is -2.35. The summed E-state index contributed by atoms with van der Waals surface area (Å²) in [6, 6.07) is 3.06. The number of aromatic amines is 1. The highest BCUT2D eigenvalue weighted by Crippen LogP contribution is 2.38. The molecule has 0 saturated carbocycles. The summed E-state index contributed by atoms with van der Waals surface area (Å²) in [6.45, 7) is 2.03. The smallest absolute Gasteiger partial charge is 0.208 e. The number of hydrogen-bond acceptors (Lipinski definition) is 8. The van der Waals surface area contributed by atoms with Crippen LogP contribution < -0.4 is 15.8 Å². The van der Waals surface area contributed by atoms with E-state index in [1.807, 2.05) is 0 Å². The zero-order chi connectivity index (χ0) is 18.0. The van der Waals surface area contributed by atoms with E-state index in [-0.39, 0.29) is 15.6 Å². The van der Waals surface area contributed by atoms with Gasteiger partial charge in [-0.05, 0) is 53.7 Å². The molecule has 10 nitrogen and oxygen atoms in total. The molecule has 5 N–H and O–H groups in total. The Labute approximate surface area is 149 Å². The van der Waals surface area contributed by atoms with Gasteiger partial charge in [-0.1, -0.05) is 0 Å². The summed E-state index contributed by atoms with van der Waals surface area (Å²) in [5.41, 5.74) is 6.78. The molecule has 1 aromatic carbocycles. The molecule has 136 valence electrons. The summed E-state index contributed by atoms with van der Waals surface area (Å²) in [5, 5.41) is 19.3. The van der Waals surface area contributed by atoms with Crippen LogP contribution in [0.25, 0.3) is 11.4 Å². The highest BCUT2D eigenvalue weighted by Gasteiger charge is 2.27. The molecule has 25 heavy (non-hydrogen) atoms. The first-order chi connectivity index (χ1) is 12.0. The average Bonchev–Trinajstić information content (AvgIpc) is 3.14. The van der Waals surface area contributed by atoms with Crippen LogP contribution in [0.3, 0.4) is 0 Å². The van der Waals surface area contributed by atoms with Crippen LogP contribution in [0.5, 0.6) is 0 Å². The first-order valence-corrected chi connectivity index (χ1v) is 9.93. The zero-order valence-electron chi connectivity index (χ0n) is 13.3. The molecule has 2 aromatic rings. The van der Waals surface area contributed by atoms with Gasteiger partial charge in [0.15, 0.2) is 0 Å². The summed E-state index contributed by atoms with van der Waals surface area (Å²) in [6.07, 6.45) is 1.98. The number of hydrogen-bond donors (Lipinski definition) is 3. The van der Waals surface area contributed by atoms with E-state index in [4.69, 9.17) is 10.9 Å². The van der Waals surface area contributed by atoms with Gasteiger partial charge >= 0.3 is 0 Å². The predicted molar refractivity (Wildman–Crippen MR) is 91.4 cm³/mol. The molecular formula is C13H18N7O3S2-. The Morgan fingerprint density at radius 3 is 2.80 bits per heavy atom. The van der Waals surface area contributed by atoms with Crippen LogP contribution in [0.15, 0.2) is 21.9 Å². The lowest BCUT2D eigenvalue weighted by molar-refractivity contribution is 0.423. The predicted octanol–water partition coefficient (Wildman–Crippen LogP) is -0.739. The number of aromatic nitrogens is 4. The highest BCUT2D eigenvalue weighted by molar-refractivity contribution is 7.84. The van der Waals surface area contributed by atoms with Crippen molar-refractivity contribution < 1.29 is 13.0 Å². The van der Waals surface area contributed by atoms with Crippen LogP contribution in [-0.4, -0.2) is 53.2 Å². The van der Waals surface area contributed by atoms with E-state index in [2.05, 4.69) is 25.5 Å². The SMILES string of the molecule is NC[C@H]1CCCN(c2ccc(S(=O)[O-])c(S(N)=O)c2-c2nn[nH]n2)C1. The van der Waals surface area contributed by atoms with Crippen molar-refractivity contribution in [3.05, 3.63) is 12.1 Å². The van der Waals surface area contributed by atoms with E-state index < -0.39 is 22.1 Å². The molecule has 0 aliphatic carbocycles. The summed E-state index contributed by atoms with van der Waals surface area (Å²) in [4.78, 5) is 1.90. The molecule has 0 spiro atoms. The van der Waals surface area contributed by atoms with Crippen molar-refractivity contribution in [2.45, 2.75) is 22.6 Å². The van der Waals surface area contributed by atoms with Crippen molar-refractivity contribution in [3.63, 3.8) is 0 Å². The van der Waals surface area contributed by atoms with Gasteiger partial charge in [-0.3, -0.25) is 4.21 Å². The van der Waals surface area contributed by atoms with Crippen LogP contribution in [0.2, 0.25) is 0 Å². The second kappa shape index (κ2) is 7.66. The Morgan fingerprint density at radius 2 is 2.20 bits per heavy atom. The van der Waals surface area contributed by atoms with Gasteiger partial charge in [0.05, 0.1) is 10.5 Å². The average molecular weight is 384 g/mol. The number of benzene rings is 1. The third kappa shape index (κ3) is 3.62. The Balaban J connectivity index is 2.20. The van der Waals surface area contributed by atoms with E-state index in [9.17, 15) is 13.0 Å². The number of anilines is 1. The lowest BCUT2D eigenvalue weighted by atomic mass is 9.97. The zero-order valence-corrected chi connectivity index (χ0v) is 14.9. The Morgan fingerprint density at radius 1 is 1.40 bits per heavy atom. The van der Waals surface area contributed by atoms with Gasteiger partial charge in [0.2, 0.25) is 5.82 Å². The van der Waals surface area contributed by atoms with Crippen molar-refractivity contribution in [3.8, 4) is 11.4 Å². The molecule has 1 aliphatic rings. The summed E-state index contributed by atoms with van der Waals surface area (Å²) >= 11 is -2.60. The van der Waals surface area contributed by atoms with Gasteiger partial charge in [0, 0.05) is 23.7 Å². The maximum Gasteiger partial charge on any atom is 0.208 e. The van der Waals surface area contributed by atoms with Crippen LogP contribution in [0.4, 0.5) is 5.69 Å². The van der Waals surface area contributed by atoms with E-state index >= 15 is 0 Å². The number of H-pyrrole nitrogens is 1. The van der Waals surface area contributed by atoms with Crippen LogP contribution in [0, 0.1) is 5.92 Å². The fraction of sp³-hybridized carbons (Fsp3) is 0.462. The van der Waals surface area contributed by atoms with Crippen LogP contribution >= 0.6 is 0 Å². The number of nitrogens with one attached hydrogen (secondary N) is 1. The van der Waals surface area contributed by atoms with Crippen molar-refractivity contribution in [2.75, 3.05) is 24.5 Å². The Kier molecular flexibility index (Phi) is 5.54. The summed E-state index contributed by atoms with van der Waals surface area (Å²) < 4.78 is 35.2. The Hall–Kier alpha value is -1.73. The van der Waals surface area contributed by atoms with E-state index in [0.29, 0.717) is 30.3 Å². The minimum Gasteiger partial charge on any atom is -0.768 e. The largest absolute Gasteiger partial charge is 0.768 e. The van der Waals surface area contributed by atoms with Crippen molar-refractivity contribution >= 4 is 27.8 Å². The third-order valence-corrected chi connectivity index (χ3v) is 5.90. The minimum atomic E-state index is -2.60. The molecule has 12 heteroatoms. The fourth-order valence-electron chi connectivity index (χ4n) is 3.11. The molecule has 0 radical (unpaired) electrons. The first-order valence-electron chi connectivity index (χ1n) is 7.64. The van der Waals surface area contributed by atoms with Gasteiger partial charge in [0.1, 0.15) is 11.0 Å². The molecule has 3 atom stereocenters. The number of rotatable bonds is 5. The normalized spacial score (nSPS) is 20.4. The molecule has 1 saturated heterocycles. The van der Waals surface area contributed by atoms with E-state index in [1.54, 1.807) is 6.07 Å². The summed E-state index contributed by atoms with van der Waals surface area (Å²) in [5.74, 6) is 0.470. The Bertz CT molecular complexity index is 799. The lowest BCUT2D eigenvalue weighted by Crippen LogP contribution is -2.38. The molecule has 0 amide bonds. The molecule has 1 aromatic heterocycles. The van der Waals surface area contributed by atoms with E-state index in [1.165, 1.54) is 6.07 Å². The minimum absolute atomic E-state index is 0.0258. The second-order valence-electron chi connectivity index (χ2n) is 5.74. The number of nitrogens with zero attached hydrogens (tertiary/aromatic N) is 4. The standard InChI is InChI=1S/C13H19N7O3S2/c14-6-8-2-1-5-20(7-8)9-3-4-10(25(22)23)12(24(15)21)11(9)13-16-18-19-17-13/h3-4,8H,1-2,5-7,14-15H2,(H,22,23)(H,16,17,18,19)/p-1/t8-,24?/m1/s1. The van der Waals surface area contributed by atoms with Gasteiger partial charge in [-0.2, -0.15) is 5.21 Å². The van der Waals surface area contributed by atoms with E-state index in [0.717, 1.165) is 19.4 Å². The topological polar surface area (TPSA) is 167 Å². The van der Waals surface area contributed by atoms with Crippen molar-refractivity contribution in [1.82, 2.24) is 20.6 Å². The number of piperidine rings is 1. The van der Waals surface area contributed by atoms with Crippen molar-refractivity contribution in [1.29, 1.82) is 0 Å². The molecule has 2 heterocycles. The molecule has 1 fully saturated rings. The summed E-state index contributed by atoms with van der Waals surface area (Å²) in [7, 11) is -2.05. The quantitative estimate of drug-likeness (QED) is 0.567. The molecular weight excluding hydrogens is 366 g/mol. The van der Waals surface area contributed by atoms with Crippen molar-refractivity contribution in [2.24, 2.45) is 16.8 Å². The van der Waals surface area contributed by atoms with Crippen LogP contribution in [0.1, 0.15) is 12.8 Å². The van der Waals surface area contributed by atoms with Crippen LogP contribution in [-0.2, 0) is 22.1 Å². The van der Waals surface area contributed by atoms with Gasteiger partial charge in [0.25, 0.3) is 0 Å². The highest BCUT2D eigenvalue weighted by atomic mass is 32.2. The second-order valence-corrected chi connectivity index (χ2v) is 7.66. The molecule has 0 bridgehead atoms. The van der Waals surface area contributed by atoms with Gasteiger partial charge in [-0.25, -0.2) is 9.35 Å². The van der Waals surface area contributed by atoms with Gasteiger partial charge < -0.3 is 15.2 Å². The fourth-order valence-corrected chi connectivity index (χ4v) is 4.65. The molecule has 3 rings (SSSR count). The number of tetrazole rings is 1. The maximum absolute atomic E-state index is 12.1. The van der Waals surface area contributed by atoms with Gasteiger partial charge in [-0.15, -0.1) is 10.2 Å². The number of nitrogens with two attached hydrogens (primary N) is 2. The molecule has 1 aliphatic heterocycles. The monoisotopic (exact) mass is 384 g/mol. The molecule has 2 unspecified atom stereocenters. The first kappa shape index (κ1) is 18.1. The third-order valence-electron chi connectivity index (χ3n) is 4.24.